The number of carbonyl (C=O) groups is 1. The average Bonchev–Trinajstić information content (AvgIpc) is 2.65. The minimum Gasteiger partial charge on any atom is -0.370 e. The molecule has 1 heterocycles. The zero-order valence-electron chi connectivity index (χ0n) is 14.9. The fraction of sp³-hybridized carbons (Fsp3) is 0.350. The van der Waals surface area contributed by atoms with Crippen molar-refractivity contribution in [2.24, 2.45) is 0 Å². The van der Waals surface area contributed by atoms with Gasteiger partial charge in [0.15, 0.2) is 0 Å². The molecule has 0 saturated carbocycles. The van der Waals surface area contributed by atoms with Crippen molar-refractivity contribution in [1.82, 2.24) is 5.32 Å². The maximum Gasteiger partial charge on any atom is 0.319 e. The number of benzene rings is 2. The van der Waals surface area contributed by atoms with Crippen LogP contribution in [0.15, 0.2) is 54.6 Å². The van der Waals surface area contributed by atoms with Gasteiger partial charge in [-0.3, -0.25) is 0 Å². The highest BCUT2D eigenvalue weighted by Gasteiger charge is 2.32. The van der Waals surface area contributed by atoms with Crippen LogP contribution >= 0.6 is 11.6 Å². The summed E-state index contributed by atoms with van der Waals surface area (Å²) < 4.78 is 5.50. The van der Waals surface area contributed by atoms with Crippen molar-refractivity contribution in [3.63, 3.8) is 0 Å². The number of nitrogens with one attached hydrogen (secondary N) is 3. The molecule has 1 saturated heterocycles. The van der Waals surface area contributed by atoms with Gasteiger partial charge in [0, 0.05) is 16.3 Å². The van der Waals surface area contributed by atoms with Crippen LogP contribution in [0.1, 0.15) is 18.5 Å². The fourth-order valence-electron chi connectivity index (χ4n) is 3.47. The van der Waals surface area contributed by atoms with E-state index in [4.69, 9.17) is 16.3 Å². The van der Waals surface area contributed by atoms with Crippen LogP contribution in [0.4, 0.5) is 10.5 Å². The summed E-state index contributed by atoms with van der Waals surface area (Å²) in [4.78, 5) is 13.9. The van der Waals surface area contributed by atoms with Crippen molar-refractivity contribution in [3.05, 3.63) is 65.2 Å². The number of hydrogen-bond donors (Lipinski definition) is 3. The van der Waals surface area contributed by atoms with Crippen LogP contribution in [0.5, 0.6) is 0 Å². The van der Waals surface area contributed by atoms with E-state index in [9.17, 15) is 4.79 Å². The molecule has 0 radical (unpaired) electrons. The Morgan fingerprint density at radius 1 is 1.08 bits per heavy atom. The van der Waals surface area contributed by atoms with E-state index in [0.717, 1.165) is 26.3 Å². The van der Waals surface area contributed by atoms with E-state index in [0.29, 0.717) is 10.7 Å². The van der Waals surface area contributed by atoms with Crippen molar-refractivity contribution >= 4 is 23.3 Å². The number of morpholine rings is 1. The zero-order chi connectivity index (χ0) is 18.4. The molecule has 0 spiro atoms. The Balaban J connectivity index is 1.69. The summed E-state index contributed by atoms with van der Waals surface area (Å²) >= 11 is 5.89. The molecule has 0 unspecified atom stereocenters. The number of urea groups is 1. The Morgan fingerprint density at radius 3 is 2.38 bits per heavy atom. The van der Waals surface area contributed by atoms with Gasteiger partial charge in [0.05, 0.1) is 19.3 Å². The van der Waals surface area contributed by atoms with Gasteiger partial charge in [-0.25, -0.2) is 4.79 Å². The summed E-state index contributed by atoms with van der Waals surface area (Å²) in [5.41, 5.74) is 1.94. The van der Waals surface area contributed by atoms with E-state index in [1.165, 1.54) is 10.5 Å². The fourth-order valence-corrected chi connectivity index (χ4v) is 3.60. The van der Waals surface area contributed by atoms with Crippen molar-refractivity contribution in [1.29, 1.82) is 0 Å². The number of rotatable bonds is 5. The highest BCUT2D eigenvalue weighted by molar-refractivity contribution is 6.30. The lowest BCUT2D eigenvalue weighted by Gasteiger charge is -2.35. The minimum absolute atomic E-state index is 0.0298. The molecule has 0 aliphatic carbocycles. The van der Waals surface area contributed by atoms with Crippen molar-refractivity contribution in [2.75, 3.05) is 31.6 Å². The van der Waals surface area contributed by atoms with Gasteiger partial charge >= 0.3 is 6.03 Å². The Morgan fingerprint density at radius 2 is 1.73 bits per heavy atom. The van der Waals surface area contributed by atoms with Gasteiger partial charge < -0.3 is 20.3 Å². The average molecular weight is 375 g/mol. The first-order valence-electron chi connectivity index (χ1n) is 8.94. The lowest BCUT2D eigenvalue weighted by Crippen LogP contribution is -3.15. The van der Waals surface area contributed by atoms with Crippen LogP contribution in [0.2, 0.25) is 5.02 Å². The number of anilines is 1. The van der Waals surface area contributed by atoms with Gasteiger partial charge in [-0.1, -0.05) is 41.9 Å². The number of ether oxygens (including phenoxy) is 1. The molecule has 0 bridgehead atoms. The first-order valence-corrected chi connectivity index (χ1v) is 9.31. The third-order valence-electron chi connectivity index (χ3n) is 4.69. The number of amides is 2. The van der Waals surface area contributed by atoms with Gasteiger partial charge in [0.1, 0.15) is 19.1 Å². The molecule has 0 aromatic heterocycles. The zero-order valence-corrected chi connectivity index (χ0v) is 15.6. The molecule has 138 valence electrons. The summed E-state index contributed by atoms with van der Waals surface area (Å²) in [7, 11) is 0. The van der Waals surface area contributed by atoms with E-state index >= 15 is 0 Å². The lowest BCUT2D eigenvalue weighted by atomic mass is 9.98. The molecule has 2 aromatic rings. The Hall–Kier alpha value is -2.08. The Kier molecular flexibility index (Phi) is 6.50. The highest BCUT2D eigenvalue weighted by atomic mass is 35.5. The van der Waals surface area contributed by atoms with Crippen LogP contribution in [0.3, 0.4) is 0 Å². The molecule has 6 heteroatoms. The standard InChI is InChI=1S/C20H24ClN3O2/c1-15(22-20(25)23-18-9-7-17(21)8-10-18)19(16-5-3-2-4-6-16)24-11-13-26-14-12-24/h2-10,15,19H,11-14H2,1H3,(H2,22,23,25)/p+1/t15-,19-/m1/s1. The number of halogens is 1. The van der Waals surface area contributed by atoms with E-state index in [2.05, 4.69) is 29.7 Å². The molecule has 1 fully saturated rings. The Bertz CT molecular complexity index is 703. The smallest absolute Gasteiger partial charge is 0.319 e. The summed E-state index contributed by atoms with van der Waals surface area (Å²) in [6.07, 6.45) is 0. The molecular weight excluding hydrogens is 350 g/mol. The van der Waals surface area contributed by atoms with E-state index in [1.54, 1.807) is 24.3 Å². The number of hydrogen-bond acceptors (Lipinski definition) is 2. The van der Waals surface area contributed by atoms with Crippen molar-refractivity contribution in [3.8, 4) is 0 Å². The summed E-state index contributed by atoms with van der Waals surface area (Å²) in [5, 5.41) is 6.60. The van der Waals surface area contributed by atoms with Crippen molar-refractivity contribution < 1.29 is 14.4 Å². The predicted molar refractivity (Wildman–Crippen MR) is 104 cm³/mol. The van der Waals surface area contributed by atoms with Gasteiger partial charge in [0.2, 0.25) is 0 Å². The van der Waals surface area contributed by atoms with Crippen LogP contribution in [-0.2, 0) is 4.74 Å². The Labute approximate surface area is 159 Å². The van der Waals surface area contributed by atoms with Crippen LogP contribution in [0.25, 0.3) is 0 Å². The topological polar surface area (TPSA) is 54.8 Å². The maximum absolute atomic E-state index is 12.4. The molecule has 1 aliphatic heterocycles. The van der Waals surface area contributed by atoms with Gasteiger partial charge in [-0.05, 0) is 31.2 Å². The highest BCUT2D eigenvalue weighted by Crippen LogP contribution is 2.16. The number of quaternary nitrogens is 1. The normalized spacial score (nSPS) is 17.3. The van der Waals surface area contributed by atoms with Gasteiger partial charge in [-0.15, -0.1) is 0 Å². The second kappa shape index (κ2) is 9.03. The molecule has 3 N–H and O–H groups in total. The minimum atomic E-state index is -0.214. The van der Waals surface area contributed by atoms with Crippen molar-refractivity contribution in [2.45, 2.75) is 19.0 Å². The summed E-state index contributed by atoms with van der Waals surface area (Å²) in [6.45, 7) is 5.43. The molecule has 1 aliphatic rings. The molecule has 2 atom stereocenters. The van der Waals surface area contributed by atoms with E-state index in [1.807, 2.05) is 18.2 Å². The second-order valence-electron chi connectivity index (χ2n) is 6.55. The molecule has 3 rings (SSSR count). The largest absolute Gasteiger partial charge is 0.370 e. The van der Waals surface area contributed by atoms with E-state index in [-0.39, 0.29) is 18.1 Å². The van der Waals surface area contributed by atoms with E-state index < -0.39 is 0 Å². The quantitative estimate of drug-likeness (QED) is 0.753. The number of carbonyl (C=O) groups excluding carboxylic acids is 1. The summed E-state index contributed by atoms with van der Waals surface area (Å²) in [5.74, 6) is 0. The second-order valence-corrected chi connectivity index (χ2v) is 6.99. The van der Waals surface area contributed by atoms with Crippen LogP contribution < -0.4 is 15.5 Å². The van der Waals surface area contributed by atoms with Crippen LogP contribution in [0, 0.1) is 0 Å². The lowest BCUT2D eigenvalue weighted by molar-refractivity contribution is -0.940. The first kappa shape index (κ1) is 18.7. The molecule has 26 heavy (non-hydrogen) atoms. The maximum atomic E-state index is 12.4. The third kappa shape index (κ3) is 4.97. The van der Waals surface area contributed by atoms with Crippen LogP contribution in [-0.4, -0.2) is 38.4 Å². The SMILES string of the molecule is C[C@@H](NC(=O)Nc1ccc(Cl)cc1)[C@H](c1ccccc1)[NH+]1CCOCC1. The summed E-state index contributed by atoms with van der Waals surface area (Å²) in [6, 6.07) is 17.4. The van der Waals surface area contributed by atoms with Gasteiger partial charge in [-0.2, -0.15) is 0 Å². The molecule has 5 nitrogen and oxygen atoms in total. The van der Waals surface area contributed by atoms with Gasteiger partial charge in [0.25, 0.3) is 0 Å². The molecule has 2 amide bonds. The molecular formula is C20H25ClN3O2+. The predicted octanol–water partition coefficient (Wildman–Crippen LogP) is 2.51. The molecule has 2 aromatic carbocycles. The third-order valence-corrected chi connectivity index (χ3v) is 4.95. The first-order chi connectivity index (χ1) is 12.6. The monoisotopic (exact) mass is 374 g/mol.